The van der Waals surface area contributed by atoms with Gasteiger partial charge in [-0.05, 0) is 12.1 Å². The Balaban J connectivity index is 2.65. The summed E-state index contributed by atoms with van der Waals surface area (Å²) in [5.74, 6) is 4.44. The SMILES string of the molecule is NN(CC(=O)O)c1cccnc1. The van der Waals surface area contributed by atoms with Gasteiger partial charge in [-0.25, -0.2) is 5.84 Å². The van der Waals surface area contributed by atoms with E-state index in [4.69, 9.17) is 10.9 Å². The van der Waals surface area contributed by atoms with E-state index in [0.717, 1.165) is 5.01 Å². The largest absolute Gasteiger partial charge is 0.480 e. The topological polar surface area (TPSA) is 79.5 Å². The van der Waals surface area contributed by atoms with Crippen molar-refractivity contribution >= 4 is 11.7 Å². The Hall–Kier alpha value is -1.62. The number of hydrogen-bond acceptors (Lipinski definition) is 4. The Bertz CT molecular complexity index is 263. The van der Waals surface area contributed by atoms with Crippen LogP contribution in [0, 0.1) is 0 Å². The number of carboxylic acid groups (broad SMARTS) is 1. The van der Waals surface area contributed by atoms with Crippen LogP contribution in [0.3, 0.4) is 0 Å². The van der Waals surface area contributed by atoms with E-state index in [1.807, 2.05) is 0 Å². The van der Waals surface area contributed by atoms with E-state index in [0.29, 0.717) is 5.69 Å². The zero-order valence-corrected chi connectivity index (χ0v) is 6.34. The van der Waals surface area contributed by atoms with Gasteiger partial charge in [-0.15, -0.1) is 0 Å². The summed E-state index contributed by atoms with van der Waals surface area (Å²) >= 11 is 0. The van der Waals surface area contributed by atoms with Gasteiger partial charge in [0, 0.05) is 6.20 Å². The molecule has 1 heterocycles. The minimum atomic E-state index is -0.971. The molecule has 0 amide bonds. The van der Waals surface area contributed by atoms with Gasteiger partial charge in [-0.1, -0.05) is 0 Å². The second-order valence-corrected chi connectivity index (χ2v) is 2.23. The van der Waals surface area contributed by atoms with Gasteiger partial charge in [0.15, 0.2) is 0 Å². The van der Waals surface area contributed by atoms with Gasteiger partial charge in [0.2, 0.25) is 0 Å². The van der Waals surface area contributed by atoms with Gasteiger partial charge >= 0.3 is 5.97 Å². The molecule has 0 spiro atoms. The lowest BCUT2D eigenvalue weighted by molar-refractivity contribution is -0.135. The maximum absolute atomic E-state index is 10.2. The highest BCUT2D eigenvalue weighted by molar-refractivity contribution is 5.73. The Morgan fingerprint density at radius 3 is 3.00 bits per heavy atom. The lowest BCUT2D eigenvalue weighted by Crippen LogP contribution is -2.35. The summed E-state index contributed by atoms with van der Waals surface area (Å²) in [4.78, 5) is 14.0. The molecule has 1 aromatic rings. The fraction of sp³-hybridized carbons (Fsp3) is 0.143. The molecule has 0 fully saturated rings. The first kappa shape index (κ1) is 8.48. The van der Waals surface area contributed by atoms with Crippen molar-refractivity contribution in [3.05, 3.63) is 24.5 Å². The molecule has 0 radical (unpaired) electrons. The van der Waals surface area contributed by atoms with Crippen molar-refractivity contribution in [1.29, 1.82) is 0 Å². The highest BCUT2D eigenvalue weighted by Crippen LogP contribution is 2.05. The fourth-order valence-electron chi connectivity index (χ4n) is 0.761. The summed E-state index contributed by atoms with van der Waals surface area (Å²) in [7, 11) is 0. The first-order valence-corrected chi connectivity index (χ1v) is 3.34. The summed E-state index contributed by atoms with van der Waals surface area (Å²) in [5, 5.41) is 9.52. The van der Waals surface area contributed by atoms with Crippen molar-refractivity contribution in [3.63, 3.8) is 0 Å². The predicted molar refractivity (Wildman–Crippen MR) is 43.4 cm³/mol. The molecule has 0 aliphatic carbocycles. The zero-order chi connectivity index (χ0) is 8.97. The predicted octanol–water partition coefficient (Wildman–Crippen LogP) is -0.154. The van der Waals surface area contributed by atoms with Crippen LogP contribution in [-0.2, 0) is 4.79 Å². The molecule has 1 aromatic heterocycles. The maximum atomic E-state index is 10.2. The summed E-state index contributed by atoms with van der Waals surface area (Å²) < 4.78 is 0. The Labute approximate surface area is 69.4 Å². The molecular formula is C7H9N3O2. The summed E-state index contributed by atoms with van der Waals surface area (Å²) in [6, 6.07) is 3.38. The van der Waals surface area contributed by atoms with E-state index in [9.17, 15) is 4.79 Å². The minimum Gasteiger partial charge on any atom is -0.480 e. The van der Waals surface area contributed by atoms with Crippen LogP contribution >= 0.6 is 0 Å². The van der Waals surface area contributed by atoms with E-state index in [1.54, 1.807) is 18.3 Å². The fourth-order valence-corrected chi connectivity index (χ4v) is 0.761. The van der Waals surface area contributed by atoms with Gasteiger partial charge in [0.25, 0.3) is 0 Å². The summed E-state index contributed by atoms with van der Waals surface area (Å²) in [6.45, 7) is -0.230. The van der Waals surface area contributed by atoms with Gasteiger partial charge in [0.05, 0.1) is 11.9 Å². The summed E-state index contributed by atoms with van der Waals surface area (Å²) in [6.07, 6.45) is 3.10. The second-order valence-electron chi connectivity index (χ2n) is 2.23. The number of nitrogens with zero attached hydrogens (tertiary/aromatic N) is 2. The first-order valence-electron chi connectivity index (χ1n) is 3.34. The Morgan fingerprint density at radius 2 is 2.50 bits per heavy atom. The highest BCUT2D eigenvalue weighted by atomic mass is 16.4. The van der Waals surface area contributed by atoms with Crippen molar-refractivity contribution < 1.29 is 9.90 Å². The van der Waals surface area contributed by atoms with Crippen molar-refractivity contribution in [2.45, 2.75) is 0 Å². The van der Waals surface area contributed by atoms with Crippen molar-refractivity contribution in [1.82, 2.24) is 4.98 Å². The van der Waals surface area contributed by atoms with Gasteiger partial charge in [0.1, 0.15) is 6.54 Å². The van der Waals surface area contributed by atoms with Crippen LogP contribution in [0.25, 0.3) is 0 Å². The number of anilines is 1. The van der Waals surface area contributed by atoms with Crippen LogP contribution < -0.4 is 10.9 Å². The molecule has 0 unspecified atom stereocenters. The van der Waals surface area contributed by atoms with E-state index < -0.39 is 5.97 Å². The lowest BCUT2D eigenvalue weighted by Gasteiger charge is -2.14. The quantitative estimate of drug-likeness (QED) is 0.483. The van der Waals surface area contributed by atoms with Gasteiger partial charge in [-0.2, -0.15) is 0 Å². The van der Waals surface area contributed by atoms with Crippen LogP contribution in [0.2, 0.25) is 0 Å². The lowest BCUT2D eigenvalue weighted by atomic mass is 10.4. The second kappa shape index (κ2) is 3.68. The monoisotopic (exact) mass is 167 g/mol. The smallest absolute Gasteiger partial charge is 0.324 e. The first-order chi connectivity index (χ1) is 5.70. The number of aliphatic carboxylic acids is 1. The molecular weight excluding hydrogens is 158 g/mol. The number of carboxylic acids is 1. The summed E-state index contributed by atoms with van der Waals surface area (Å²) in [5.41, 5.74) is 0.583. The average Bonchev–Trinajstić information content (AvgIpc) is 2.05. The average molecular weight is 167 g/mol. The molecule has 0 aliphatic rings. The maximum Gasteiger partial charge on any atom is 0.324 e. The molecule has 5 nitrogen and oxygen atoms in total. The van der Waals surface area contributed by atoms with Crippen molar-refractivity contribution in [2.24, 2.45) is 5.84 Å². The highest BCUT2D eigenvalue weighted by Gasteiger charge is 2.04. The van der Waals surface area contributed by atoms with E-state index in [-0.39, 0.29) is 6.54 Å². The van der Waals surface area contributed by atoms with Crippen LogP contribution in [-0.4, -0.2) is 22.6 Å². The number of hydrazine groups is 1. The molecule has 64 valence electrons. The molecule has 0 atom stereocenters. The normalized spacial score (nSPS) is 9.42. The minimum absolute atomic E-state index is 0.230. The van der Waals surface area contributed by atoms with Gasteiger partial charge < -0.3 is 5.11 Å². The molecule has 0 saturated heterocycles. The van der Waals surface area contributed by atoms with Crippen LogP contribution in [0.5, 0.6) is 0 Å². The van der Waals surface area contributed by atoms with E-state index in [1.165, 1.54) is 6.20 Å². The van der Waals surface area contributed by atoms with Gasteiger partial charge in [-0.3, -0.25) is 14.8 Å². The molecule has 0 saturated carbocycles. The van der Waals surface area contributed by atoms with E-state index in [2.05, 4.69) is 4.98 Å². The number of pyridine rings is 1. The molecule has 0 aliphatic heterocycles. The van der Waals surface area contributed by atoms with Crippen LogP contribution in [0.4, 0.5) is 5.69 Å². The van der Waals surface area contributed by atoms with Crippen molar-refractivity contribution in [2.75, 3.05) is 11.6 Å². The standard InChI is InChI=1S/C7H9N3O2/c8-10(5-7(11)12)6-2-1-3-9-4-6/h1-4H,5,8H2,(H,11,12). The third-order valence-corrected chi connectivity index (χ3v) is 1.28. The number of carbonyl (C=O) groups is 1. The molecule has 0 bridgehead atoms. The number of rotatable bonds is 3. The third kappa shape index (κ3) is 2.21. The number of nitrogens with two attached hydrogens (primary N) is 1. The Morgan fingerprint density at radius 1 is 1.75 bits per heavy atom. The number of hydrogen-bond donors (Lipinski definition) is 2. The van der Waals surface area contributed by atoms with Crippen LogP contribution in [0.1, 0.15) is 0 Å². The molecule has 3 N–H and O–H groups in total. The molecule has 1 rings (SSSR count). The van der Waals surface area contributed by atoms with E-state index >= 15 is 0 Å². The van der Waals surface area contributed by atoms with Crippen LogP contribution in [0.15, 0.2) is 24.5 Å². The number of aromatic nitrogens is 1. The Kier molecular flexibility index (Phi) is 2.60. The molecule has 0 aromatic carbocycles. The molecule has 12 heavy (non-hydrogen) atoms. The zero-order valence-electron chi connectivity index (χ0n) is 6.34. The third-order valence-electron chi connectivity index (χ3n) is 1.28. The molecule has 5 heteroatoms. The van der Waals surface area contributed by atoms with Crippen molar-refractivity contribution in [3.8, 4) is 0 Å².